The molecule has 0 spiro atoms. The highest BCUT2D eigenvalue weighted by Crippen LogP contribution is 2.19. The topological polar surface area (TPSA) is 88.0 Å². The van der Waals surface area contributed by atoms with Gasteiger partial charge in [-0.05, 0) is 34.8 Å². The van der Waals surface area contributed by atoms with Gasteiger partial charge in [0.05, 0.1) is 5.69 Å². The molecule has 8 nitrogen and oxygen atoms in total. The molecule has 2 aromatic rings. The number of aromatic nitrogens is 4. The van der Waals surface area contributed by atoms with Gasteiger partial charge in [-0.3, -0.25) is 4.79 Å². The van der Waals surface area contributed by atoms with E-state index < -0.39 is 0 Å². The number of rotatable bonds is 6. The molecule has 3 rings (SSSR count). The van der Waals surface area contributed by atoms with Gasteiger partial charge in [0.1, 0.15) is 11.2 Å². The van der Waals surface area contributed by atoms with Gasteiger partial charge in [0, 0.05) is 32.7 Å². The summed E-state index contributed by atoms with van der Waals surface area (Å²) >= 11 is 1.39. The summed E-state index contributed by atoms with van der Waals surface area (Å²) < 4.78 is 1.51. The molecule has 1 aliphatic rings. The number of carbonyl (C=O) groups is 1. The molecule has 1 amide bonds. The Kier molecular flexibility index (Phi) is 6.90. The molecule has 3 heterocycles. The molecule has 10 heteroatoms. The third kappa shape index (κ3) is 4.71. The second kappa shape index (κ2) is 8.92. The van der Waals surface area contributed by atoms with Crippen molar-refractivity contribution in [1.29, 1.82) is 0 Å². The monoisotopic (exact) mass is 357 g/mol. The van der Waals surface area contributed by atoms with Crippen LogP contribution in [0.5, 0.6) is 0 Å². The van der Waals surface area contributed by atoms with Crippen LogP contribution in [-0.2, 0) is 0 Å². The summed E-state index contributed by atoms with van der Waals surface area (Å²) in [4.78, 5) is 15.3. The molecular formula is C13H20ClN7OS. The van der Waals surface area contributed by atoms with Crippen molar-refractivity contribution >= 4 is 29.7 Å². The fourth-order valence-corrected chi connectivity index (χ4v) is 3.24. The Labute approximate surface area is 144 Å². The highest BCUT2D eigenvalue weighted by molar-refractivity contribution is 7.12. The maximum Gasteiger partial charge on any atom is 0.263 e. The van der Waals surface area contributed by atoms with Crippen LogP contribution >= 0.6 is 23.7 Å². The maximum atomic E-state index is 12.3. The molecule has 0 bridgehead atoms. The zero-order valence-electron chi connectivity index (χ0n) is 12.6. The molecule has 2 aromatic heterocycles. The average Bonchev–Trinajstić information content (AvgIpc) is 3.22. The maximum absolute atomic E-state index is 12.3. The van der Waals surface area contributed by atoms with Crippen molar-refractivity contribution in [2.75, 3.05) is 39.3 Å². The van der Waals surface area contributed by atoms with Crippen LogP contribution in [0.25, 0.3) is 5.69 Å². The van der Waals surface area contributed by atoms with Crippen LogP contribution in [0.15, 0.2) is 17.8 Å². The first-order valence-electron chi connectivity index (χ1n) is 7.37. The van der Waals surface area contributed by atoms with Crippen LogP contribution in [0, 0.1) is 0 Å². The number of nitrogens with one attached hydrogen (secondary N) is 2. The average molecular weight is 358 g/mol. The summed E-state index contributed by atoms with van der Waals surface area (Å²) in [5.74, 6) is -0.0687. The van der Waals surface area contributed by atoms with Gasteiger partial charge in [-0.25, -0.2) is 0 Å². The molecular weight excluding hydrogens is 338 g/mol. The van der Waals surface area contributed by atoms with Crippen LogP contribution in [0.1, 0.15) is 16.1 Å². The van der Waals surface area contributed by atoms with E-state index in [2.05, 4.69) is 31.1 Å². The molecule has 0 aliphatic carbocycles. The summed E-state index contributed by atoms with van der Waals surface area (Å²) in [5, 5.41) is 19.2. The molecule has 2 N–H and O–H groups in total. The molecule has 0 unspecified atom stereocenters. The molecule has 0 radical (unpaired) electrons. The first kappa shape index (κ1) is 17.8. The number of halogens is 1. The Bertz CT molecular complexity index is 597. The second-order valence-corrected chi connectivity index (χ2v) is 6.01. The number of carbonyl (C=O) groups excluding carboxylic acids is 1. The predicted molar refractivity (Wildman–Crippen MR) is 90.5 cm³/mol. The minimum Gasteiger partial charge on any atom is -0.351 e. The number of piperazine rings is 1. The molecule has 1 saturated heterocycles. The van der Waals surface area contributed by atoms with Crippen LogP contribution in [0.2, 0.25) is 0 Å². The fourth-order valence-electron chi connectivity index (χ4n) is 2.44. The minimum atomic E-state index is -0.0687. The van der Waals surface area contributed by atoms with E-state index in [1.165, 1.54) is 22.3 Å². The zero-order chi connectivity index (χ0) is 15.2. The van der Waals surface area contributed by atoms with Crippen molar-refractivity contribution in [3.05, 3.63) is 22.7 Å². The lowest BCUT2D eigenvalue weighted by Crippen LogP contribution is -2.44. The highest BCUT2D eigenvalue weighted by atomic mass is 35.5. The summed E-state index contributed by atoms with van der Waals surface area (Å²) in [6, 6.07) is 1.84. The molecule has 23 heavy (non-hydrogen) atoms. The Hall–Kier alpha value is -1.55. The molecule has 126 valence electrons. The number of hydrogen-bond acceptors (Lipinski definition) is 7. The normalized spacial score (nSPS) is 15.1. The van der Waals surface area contributed by atoms with Crippen molar-refractivity contribution in [3.63, 3.8) is 0 Å². The van der Waals surface area contributed by atoms with E-state index in [9.17, 15) is 4.79 Å². The summed E-state index contributed by atoms with van der Waals surface area (Å²) in [5.41, 5.74) is 0.717. The second-order valence-electron chi connectivity index (χ2n) is 5.09. The Balaban J connectivity index is 0.00000192. The van der Waals surface area contributed by atoms with Crippen LogP contribution in [0.3, 0.4) is 0 Å². The van der Waals surface area contributed by atoms with Crippen molar-refractivity contribution in [2.45, 2.75) is 6.42 Å². The molecule has 1 aliphatic heterocycles. The summed E-state index contributed by atoms with van der Waals surface area (Å²) in [6.07, 6.45) is 2.44. The largest absolute Gasteiger partial charge is 0.351 e. The van der Waals surface area contributed by atoms with Gasteiger partial charge >= 0.3 is 0 Å². The third-order valence-electron chi connectivity index (χ3n) is 3.59. The Morgan fingerprint density at radius 2 is 2.22 bits per heavy atom. The van der Waals surface area contributed by atoms with E-state index in [0.29, 0.717) is 11.4 Å². The minimum absolute atomic E-state index is 0. The van der Waals surface area contributed by atoms with E-state index in [1.807, 2.05) is 11.4 Å². The third-order valence-corrected chi connectivity index (χ3v) is 4.50. The molecule has 0 atom stereocenters. The van der Waals surface area contributed by atoms with E-state index >= 15 is 0 Å². The number of thiophene rings is 1. The van der Waals surface area contributed by atoms with Gasteiger partial charge in [-0.2, -0.15) is 4.68 Å². The standard InChI is InChI=1S/C13H19N7OS.ClH/c21-13(15-3-1-6-19-7-4-14-5-8-19)12-11(2-9-22-12)20-10-16-17-18-20;/h2,9-10,14H,1,3-8H2,(H,15,21);1H. The van der Waals surface area contributed by atoms with E-state index in [1.54, 1.807) is 0 Å². The van der Waals surface area contributed by atoms with Crippen LogP contribution < -0.4 is 10.6 Å². The summed E-state index contributed by atoms with van der Waals surface area (Å²) in [7, 11) is 0. The van der Waals surface area contributed by atoms with Gasteiger partial charge in [0.2, 0.25) is 0 Å². The van der Waals surface area contributed by atoms with Gasteiger partial charge in [-0.1, -0.05) is 0 Å². The smallest absolute Gasteiger partial charge is 0.263 e. The lowest BCUT2D eigenvalue weighted by atomic mass is 10.3. The van der Waals surface area contributed by atoms with Gasteiger partial charge in [0.25, 0.3) is 5.91 Å². The van der Waals surface area contributed by atoms with Crippen molar-refractivity contribution < 1.29 is 4.79 Å². The van der Waals surface area contributed by atoms with Gasteiger partial charge in [-0.15, -0.1) is 28.8 Å². The van der Waals surface area contributed by atoms with Crippen LogP contribution in [-0.4, -0.2) is 70.3 Å². The number of tetrazole rings is 1. The van der Waals surface area contributed by atoms with Crippen molar-refractivity contribution in [2.24, 2.45) is 0 Å². The molecule has 1 fully saturated rings. The SMILES string of the molecule is Cl.O=C(NCCCN1CCNCC1)c1sccc1-n1cnnn1. The number of hydrogen-bond donors (Lipinski definition) is 2. The molecule has 0 aromatic carbocycles. The first-order valence-corrected chi connectivity index (χ1v) is 8.24. The zero-order valence-corrected chi connectivity index (χ0v) is 14.3. The van der Waals surface area contributed by atoms with E-state index in [-0.39, 0.29) is 18.3 Å². The lowest BCUT2D eigenvalue weighted by Gasteiger charge is -2.27. The van der Waals surface area contributed by atoms with Gasteiger partial charge < -0.3 is 15.5 Å². The Morgan fingerprint density at radius 1 is 1.39 bits per heavy atom. The number of nitrogens with zero attached hydrogens (tertiary/aromatic N) is 5. The molecule has 0 saturated carbocycles. The van der Waals surface area contributed by atoms with Crippen molar-refractivity contribution in [1.82, 2.24) is 35.7 Å². The highest BCUT2D eigenvalue weighted by Gasteiger charge is 2.15. The van der Waals surface area contributed by atoms with E-state index in [0.717, 1.165) is 44.8 Å². The van der Waals surface area contributed by atoms with E-state index in [4.69, 9.17) is 0 Å². The van der Waals surface area contributed by atoms with Crippen molar-refractivity contribution in [3.8, 4) is 5.69 Å². The van der Waals surface area contributed by atoms with Crippen LogP contribution in [0.4, 0.5) is 0 Å². The predicted octanol–water partition coefficient (Wildman–Crippen LogP) is 0.171. The van der Waals surface area contributed by atoms with Gasteiger partial charge in [0.15, 0.2) is 0 Å². The first-order chi connectivity index (χ1) is 10.8. The Morgan fingerprint density at radius 3 is 2.96 bits per heavy atom. The quantitative estimate of drug-likeness (QED) is 0.717. The fraction of sp³-hybridized carbons (Fsp3) is 0.538. The summed E-state index contributed by atoms with van der Waals surface area (Å²) in [6.45, 7) is 5.97. The number of amides is 1. The lowest BCUT2D eigenvalue weighted by molar-refractivity contribution is 0.0955.